The van der Waals surface area contributed by atoms with Crippen LogP contribution in [0.1, 0.15) is 27.7 Å². The van der Waals surface area contributed by atoms with Crippen molar-refractivity contribution in [2.45, 2.75) is 23.9 Å². The number of rotatable bonds is 11. The molecule has 1 N–H and O–H groups in total. The van der Waals surface area contributed by atoms with Gasteiger partial charge in [0.05, 0.1) is 28.8 Å². The average molecular weight is 579 g/mol. The third kappa shape index (κ3) is 7.32. The molecule has 208 valence electrons. The van der Waals surface area contributed by atoms with E-state index in [1.165, 1.54) is 11.8 Å². The Morgan fingerprint density at radius 2 is 1.82 bits per heavy atom. The summed E-state index contributed by atoms with van der Waals surface area (Å²) in [4.78, 5) is 30.8. The summed E-state index contributed by atoms with van der Waals surface area (Å²) in [6.45, 7) is 4.19. The number of benzene rings is 1. The number of hydrogen-bond acceptors (Lipinski definition) is 9. The summed E-state index contributed by atoms with van der Waals surface area (Å²) in [6, 6.07) is 19.2. The Kier molecular flexibility index (Phi) is 9.54. The first kappa shape index (κ1) is 27.9. The van der Waals surface area contributed by atoms with E-state index in [-0.39, 0.29) is 11.7 Å². The molecule has 3 aromatic heterocycles. The van der Waals surface area contributed by atoms with Crippen LogP contribution in [0.25, 0.3) is 0 Å². The van der Waals surface area contributed by atoms with Crippen LogP contribution in [-0.4, -0.2) is 60.7 Å². The summed E-state index contributed by atoms with van der Waals surface area (Å²) >= 11 is 7.88. The number of piperazine rings is 1. The van der Waals surface area contributed by atoms with Crippen molar-refractivity contribution >= 4 is 40.8 Å². The number of anilines is 2. The zero-order valence-corrected chi connectivity index (χ0v) is 23.8. The fourth-order valence-electron chi connectivity index (χ4n) is 4.44. The molecule has 9 nitrogen and oxygen atoms in total. The molecule has 0 radical (unpaired) electrons. The van der Waals surface area contributed by atoms with Crippen molar-refractivity contribution < 1.29 is 13.9 Å². The molecule has 4 heterocycles. The molecule has 1 aliphatic rings. The van der Waals surface area contributed by atoms with Crippen LogP contribution in [0.15, 0.2) is 76.4 Å². The van der Waals surface area contributed by atoms with Gasteiger partial charge in [-0.3, -0.25) is 9.78 Å². The molecule has 0 bridgehead atoms. The molecule has 1 aromatic carbocycles. The smallest absolute Gasteiger partial charge is 0.287 e. The van der Waals surface area contributed by atoms with Crippen molar-refractivity contribution in [2.24, 2.45) is 0 Å². The van der Waals surface area contributed by atoms with E-state index in [2.05, 4.69) is 31.2 Å². The van der Waals surface area contributed by atoms with E-state index < -0.39 is 0 Å². The number of hydrogen-bond donors (Lipinski definition) is 1. The van der Waals surface area contributed by atoms with Crippen molar-refractivity contribution in [3.05, 3.63) is 94.8 Å². The monoisotopic (exact) mass is 578 g/mol. The second-order valence-electron chi connectivity index (χ2n) is 9.24. The largest absolute Gasteiger partial charge is 0.455 e. The Balaban J connectivity index is 1.17. The zero-order valence-electron chi connectivity index (χ0n) is 22.3. The van der Waals surface area contributed by atoms with Crippen LogP contribution in [0.4, 0.5) is 11.5 Å². The maximum Gasteiger partial charge on any atom is 0.287 e. The average Bonchev–Trinajstić information content (AvgIpc) is 3.47. The van der Waals surface area contributed by atoms with Gasteiger partial charge in [-0.25, -0.2) is 9.97 Å². The lowest BCUT2D eigenvalue weighted by Crippen LogP contribution is -2.47. The summed E-state index contributed by atoms with van der Waals surface area (Å²) in [7, 11) is 1.66. The topological polar surface area (TPSA) is 96.6 Å². The van der Waals surface area contributed by atoms with Crippen LogP contribution in [0.2, 0.25) is 5.02 Å². The number of methoxy groups -OCH3 is 1. The Hall–Kier alpha value is -3.60. The number of aromatic nitrogens is 3. The molecular formula is C29H31ClN6O3S. The zero-order chi connectivity index (χ0) is 27.7. The van der Waals surface area contributed by atoms with Gasteiger partial charge < -0.3 is 24.3 Å². The molecule has 1 saturated heterocycles. The molecule has 5 rings (SSSR count). The minimum atomic E-state index is -0.247. The lowest BCUT2D eigenvalue weighted by molar-refractivity contribution is 0.0925. The van der Waals surface area contributed by atoms with E-state index >= 15 is 0 Å². The molecule has 0 saturated carbocycles. The summed E-state index contributed by atoms with van der Waals surface area (Å²) < 4.78 is 11.2. The van der Waals surface area contributed by atoms with E-state index in [1.807, 2.05) is 48.5 Å². The maximum absolute atomic E-state index is 12.5. The minimum absolute atomic E-state index is 0.247. The fraction of sp³-hybridized carbons (Fsp3) is 0.310. The Bertz CT molecular complexity index is 1410. The number of para-hydroxylation sites is 1. The van der Waals surface area contributed by atoms with Crippen LogP contribution >= 0.6 is 23.4 Å². The van der Waals surface area contributed by atoms with Crippen molar-refractivity contribution in [3.63, 3.8) is 0 Å². The van der Waals surface area contributed by atoms with Gasteiger partial charge in [-0.15, -0.1) is 0 Å². The lowest BCUT2D eigenvalue weighted by atomic mass is 10.2. The highest BCUT2D eigenvalue weighted by molar-refractivity contribution is 7.98. The summed E-state index contributed by atoms with van der Waals surface area (Å²) in [5, 5.41) is 4.28. The van der Waals surface area contributed by atoms with Crippen molar-refractivity contribution in [3.8, 4) is 0 Å². The molecule has 1 amide bonds. The molecule has 0 spiro atoms. The van der Waals surface area contributed by atoms with Crippen LogP contribution < -0.4 is 15.1 Å². The molecule has 1 fully saturated rings. The number of thioether (sulfide) groups is 1. The van der Waals surface area contributed by atoms with Gasteiger partial charge in [0.15, 0.2) is 10.9 Å². The summed E-state index contributed by atoms with van der Waals surface area (Å²) in [6.07, 6.45) is 2.40. The van der Waals surface area contributed by atoms with E-state index in [4.69, 9.17) is 25.7 Å². The second kappa shape index (κ2) is 13.6. The SMILES string of the molecule is COCc1cc(N2CCN(c3ccccc3Cl)CC2)nc(SCc2ccc(C(=O)NCCc3ccccn3)o2)n1. The first-order valence-electron chi connectivity index (χ1n) is 13.1. The highest BCUT2D eigenvalue weighted by atomic mass is 35.5. The van der Waals surface area contributed by atoms with Crippen molar-refractivity contribution in [1.82, 2.24) is 20.3 Å². The molecule has 1 aliphatic heterocycles. The number of carbonyl (C=O) groups is 1. The molecule has 4 aromatic rings. The van der Waals surface area contributed by atoms with E-state index in [0.29, 0.717) is 36.2 Å². The van der Waals surface area contributed by atoms with Crippen LogP contribution in [-0.2, 0) is 23.5 Å². The number of carbonyl (C=O) groups excluding carboxylic acids is 1. The number of furan rings is 1. The Morgan fingerprint density at radius 3 is 2.60 bits per heavy atom. The van der Waals surface area contributed by atoms with Gasteiger partial charge >= 0.3 is 0 Å². The first-order valence-corrected chi connectivity index (χ1v) is 14.5. The molecular weight excluding hydrogens is 548 g/mol. The summed E-state index contributed by atoms with van der Waals surface area (Å²) in [5.74, 6) is 2.08. The van der Waals surface area contributed by atoms with Gasteiger partial charge in [0.1, 0.15) is 11.6 Å². The number of nitrogens with one attached hydrogen (secondary N) is 1. The number of ether oxygens (including phenoxy) is 1. The third-order valence-corrected chi connectivity index (χ3v) is 7.65. The highest BCUT2D eigenvalue weighted by Crippen LogP contribution is 2.28. The van der Waals surface area contributed by atoms with Crippen LogP contribution in [0.5, 0.6) is 0 Å². The van der Waals surface area contributed by atoms with E-state index in [0.717, 1.165) is 54.1 Å². The fourth-order valence-corrected chi connectivity index (χ4v) is 5.46. The van der Waals surface area contributed by atoms with E-state index in [9.17, 15) is 4.79 Å². The predicted octanol–water partition coefficient (Wildman–Crippen LogP) is 4.86. The highest BCUT2D eigenvalue weighted by Gasteiger charge is 2.21. The van der Waals surface area contributed by atoms with E-state index in [1.54, 1.807) is 19.4 Å². The lowest BCUT2D eigenvalue weighted by Gasteiger charge is -2.37. The number of halogens is 1. The van der Waals surface area contributed by atoms with Gasteiger partial charge in [0.2, 0.25) is 0 Å². The van der Waals surface area contributed by atoms with Crippen LogP contribution in [0, 0.1) is 0 Å². The number of amides is 1. The number of nitrogens with zero attached hydrogens (tertiary/aromatic N) is 5. The predicted molar refractivity (Wildman–Crippen MR) is 157 cm³/mol. The normalized spacial score (nSPS) is 13.4. The maximum atomic E-state index is 12.5. The minimum Gasteiger partial charge on any atom is -0.455 e. The Labute approximate surface area is 242 Å². The molecule has 11 heteroatoms. The molecule has 0 unspecified atom stereocenters. The van der Waals surface area contributed by atoms with Crippen molar-refractivity contribution in [1.29, 1.82) is 0 Å². The van der Waals surface area contributed by atoms with Gasteiger partial charge in [0, 0.05) is 64.2 Å². The van der Waals surface area contributed by atoms with Gasteiger partial charge in [0.25, 0.3) is 5.91 Å². The summed E-state index contributed by atoms with van der Waals surface area (Å²) in [5.41, 5.74) is 2.80. The number of pyridine rings is 1. The quantitative estimate of drug-likeness (QED) is 0.198. The van der Waals surface area contributed by atoms with Gasteiger partial charge in [-0.2, -0.15) is 0 Å². The standard InChI is InChI=1S/C29H31ClN6O3S/c1-38-19-22-18-27(36-16-14-35(15-17-36)25-8-3-2-7-24(25)30)34-29(33-22)40-20-23-9-10-26(39-23)28(37)32-13-11-21-6-4-5-12-31-21/h2-10,12,18H,11,13-17,19-20H2,1H3,(H,32,37). The Morgan fingerprint density at radius 1 is 1.02 bits per heavy atom. The molecule has 0 atom stereocenters. The second-order valence-corrected chi connectivity index (χ2v) is 10.6. The van der Waals surface area contributed by atoms with Gasteiger partial charge in [-0.1, -0.05) is 41.6 Å². The van der Waals surface area contributed by atoms with Gasteiger partial charge in [-0.05, 0) is 36.4 Å². The first-order chi connectivity index (χ1) is 19.6. The van der Waals surface area contributed by atoms with Crippen LogP contribution in [0.3, 0.4) is 0 Å². The van der Waals surface area contributed by atoms with Crippen molar-refractivity contribution in [2.75, 3.05) is 49.6 Å². The third-order valence-electron chi connectivity index (χ3n) is 6.46. The molecule has 40 heavy (non-hydrogen) atoms. The molecule has 0 aliphatic carbocycles.